The molecule has 0 aliphatic heterocycles. The van der Waals surface area contributed by atoms with Gasteiger partial charge in [-0.25, -0.2) is 4.98 Å². The molecule has 3 N–H and O–H groups in total. The van der Waals surface area contributed by atoms with Crippen molar-refractivity contribution in [3.8, 4) is 0 Å². The highest BCUT2D eigenvalue weighted by molar-refractivity contribution is 7.99. The Bertz CT molecular complexity index is 610. The molecule has 0 aliphatic carbocycles. The van der Waals surface area contributed by atoms with Crippen LogP contribution in [0.5, 0.6) is 0 Å². The Kier molecular flexibility index (Phi) is 4.68. The maximum Gasteiger partial charge on any atom is 0.255 e. The molecule has 6 heteroatoms. The molecule has 2 rings (SSSR count). The van der Waals surface area contributed by atoms with Crippen molar-refractivity contribution in [1.82, 2.24) is 4.98 Å². The van der Waals surface area contributed by atoms with Gasteiger partial charge in [0.15, 0.2) is 0 Å². The van der Waals surface area contributed by atoms with Gasteiger partial charge in [-0.05, 0) is 31.5 Å². The molecule has 0 atom stereocenters. The number of carbonyl (C=O) groups excluding carboxylic acids is 1. The summed E-state index contributed by atoms with van der Waals surface area (Å²) in [5.74, 6) is 0.571. The van der Waals surface area contributed by atoms with Crippen molar-refractivity contribution in [2.24, 2.45) is 0 Å². The smallest absolute Gasteiger partial charge is 0.255 e. The maximum absolute atomic E-state index is 11.9. The highest BCUT2D eigenvalue weighted by Crippen LogP contribution is 2.21. The number of aromatic nitrogens is 1. The van der Waals surface area contributed by atoms with Gasteiger partial charge >= 0.3 is 0 Å². The molecule has 106 valence electrons. The van der Waals surface area contributed by atoms with Crippen LogP contribution in [0.2, 0.25) is 0 Å². The zero-order chi connectivity index (χ0) is 14.5. The van der Waals surface area contributed by atoms with E-state index in [4.69, 9.17) is 10.2 Å². The monoisotopic (exact) mass is 291 g/mol. The van der Waals surface area contributed by atoms with Crippen LogP contribution >= 0.6 is 11.8 Å². The van der Waals surface area contributed by atoms with Crippen LogP contribution in [0.4, 0.5) is 11.4 Å². The van der Waals surface area contributed by atoms with E-state index in [0.717, 1.165) is 16.9 Å². The van der Waals surface area contributed by atoms with E-state index in [1.54, 1.807) is 6.26 Å². The van der Waals surface area contributed by atoms with E-state index in [1.165, 1.54) is 11.8 Å². The Balaban J connectivity index is 1.82. The fourth-order valence-corrected chi connectivity index (χ4v) is 2.42. The van der Waals surface area contributed by atoms with Crippen LogP contribution < -0.4 is 11.1 Å². The largest absolute Gasteiger partial charge is 0.440 e. The Morgan fingerprint density at radius 2 is 2.25 bits per heavy atom. The molecule has 1 aromatic heterocycles. The number of nitrogen functional groups attached to an aromatic ring is 1. The Hall–Kier alpha value is -1.95. The van der Waals surface area contributed by atoms with Crippen molar-refractivity contribution in [2.45, 2.75) is 25.5 Å². The number of benzene rings is 1. The predicted octanol–water partition coefficient (Wildman–Crippen LogP) is 2.99. The average molecular weight is 291 g/mol. The van der Waals surface area contributed by atoms with Crippen LogP contribution in [0, 0.1) is 13.8 Å². The highest BCUT2D eigenvalue weighted by atomic mass is 32.2. The van der Waals surface area contributed by atoms with E-state index >= 15 is 0 Å². The maximum atomic E-state index is 11.9. The second-order valence-electron chi connectivity index (χ2n) is 4.42. The molecule has 2 aromatic rings. The van der Waals surface area contributed by atoms with Gasteiger partial charge < -0.3 is 15.5 Å². The third kappa shape index (κ3) is 3.77. The molecule has 1 aromatic carbocycles. The average Bonchev–Trinajstić information content (AvgIpc) is 2.81. The first kappa shape index (κ1) is 14.5. The molecular formula is C14H17N3O2S. The first-order valence-electron chi connectivity index (χ1n) is 6.26. The van der Waals surface area contributed by atoms with Crippen molar-refractivity contribution in [1.29, 1.82) is 0 Å². The van der Waals surface area contributed by atoms with Crippen molar-refractivity contribution in [3.63, 3.8) is 0 Å². The molecule has 0 saturated carbocycles. The Morgan fingerprint density at radius 3 is 2.95 bits per heavy atom. The van der Waals surface area contributed by atoms with Gasteiger partial charge in [-0.1, -0.05) is 17.8 Å². The molecular weight excluding hydrogens is 274 g/mol. The number of hydrogen-bond donors (Lipinski definition) is 2. The molecule has 0 aliphatic rings. The number of carbonyl (C=O) groups is 1. The van der Waals surface area contributed by atoms with Gasteiger partial charge in [0.25, 0.3) is 5.22 Å². The summed E-state index contributed by atoms with van der Waals surface area (Å²) < 4.78 is 5.20. The van der Waals surface area contributed by atoms with Gasteiger partial charge in [-0.2, -0.15) is 0 Å². The molecule has 0 radical (unpaired) electrons. The number of nitrogens with one attached hydrogen (secondary N) is 1. The third-order valence-corrected chi connectivity index (χ3v) is 3.65. The standard InChI is InChI=1S/C14H17N3O2S/c1-9-8-19-14(16-9)20-7-6-13(18)17-12-5-3-4-11(15)10(12)2/h3-5,8H,6-7,15H2,1-2H3,(H,17,18). The Morgan fingerprint density at radius 1 is 1.45 bits per heavy atom. The molecule has 1 heterocycles. The van der Waals surface area contributed by atoms with E-state index in [9.17, 15) is 4.79 Å². The summed E-state index contributed by atoms with van der Waals surface area (Å²) in [4.78, 5) is 16.0. The number of anilines is 2. The van der Waals surface area contributed by atoms with Crippen molar-refractivity contribution in [3.05, 3.63) is 35.7 Å². The molecule has 0 bridgehead atoms. The lowest BCUT2D eigenvalue weighted by atomic mass is 10.1. The van der Waals surface area contributed by atoms with E-state index in [0.29, 0.717) is 23.1 Å². The molecule has 0 spiro atoms. The van der Waals surface area contributed by atoms with Crippen LogP contribution in [0.1, 0.15) is 17.7 Å². The number of hydrogen-bond acceptors (Lipinski definition) is 5. The first-order valence-corrected chi connectivity index (χ1v) is 7.24. The lowest BCUT2D eigenvalue weighted by Gasteiger charge is -2.09. The van der Waals surface area contributed by atoms with Crippen LogP contribution in [-0.2, 0) is 4.79 Å². The molecule has 20 heavy (non-hydrogen) atoms. The normalized spacial score (nSPS) is 10.5. The zero-order valence-electron chi connectivity index (χ0n) is 11.5. The summed E-state index contributed by atoms with van der Waals surface area (Å²) in [6, 6.07) is 5.47. The lowest BCUT2D eigenvalue weighted by Crippen LogP contribution is -2.13. The van der Waals surface area contributed by atoms with Gasteiger partial charge in [0.05, 0.1) is 5.69 Å². The SMILES string of the molecule is Cc1coc(SCCC(=O)Nc2cccc(N)c2C)n1. The number of nitrogens with two attached hydrogens (primary N) is 1. The molecule has 0 saturated heterocycles. The summed E-state index contributed by atoms with van der Waals surface area (Å²) in [5.41, 5.74) is 8.95. The number of oxazole rings is 1. The van der Waals surface area contributed by atoms with Crippen LogP contribution in [0.15, 0.2) is 34.1 Å². The number of thioether (sulfide) groups is 1. The molecule has 1 amide bonds. The van der Waals surface area contributed by atoms with E-state index in [1.807, 2.05) is 32.0 Å². The minimum atomic E-state index is -0.0468. The molecule has 0 unspecified atom stereocenters. The van der Waals surface area contributed by atoms with Gasteiger partial charge in [0, 0.05) is 23.5 Å². The second kappa shape index (κ2) is 6.47. The van der Waals surface area contributed by atoms with E-state index in [-0.39, 0.29) is 5.91 Å². The fraction of sp³-hybridized carbons (Fsp3) is 0.286. The highest BCUT2D eigenvalue weighted by Gasteiger charge is 2.08. The minimum absolute atomic E-state index is 0.0468. The van der Waals surface area contributed by atoms with Crippen LogP contribution in [0.3, 0.4) is 0 Å². The topological polar surface area (TPSA) is 81.2 Å². The summed E-state index contributed by atoms with van der Waals surface area (Å²) >= 11 is 1.42. The number of aryl methyl sites for hydroxylation is 1. The minimum Gasteiger partial charge on any atom is -0.440 e. The van der Waals surface area contributed by atoms with Gasteiger partial charge in [0.1, 0.15) is 6.26 Å². The van der Waals surface area contributed by atoms with Crippen molar-refractivity contribution in [2.75, 3.05) is 16.8 Å². The van der Waals surface area contributed by atoms with Crippen molar-refractivity contribution < 1.29 is 9.21 Å². The zero-order valence-corrected chi connectivity index (χ0v) is 12.3. The van der Waals surface area contributed by atoms with Gasteiger partial charge in [-0.15, -0.1) is 0 Å². The predicted molar refractivity (Wildman–Crippen MR) is 80.8 cm³/mol. The van der Waals surface area contributed by atoms with E-state index < -0.39 is 0 Å². The number of rotatable bonds is 5. The second-order valence-corrected chi connectivity index (χ2v) is 5.47. The van der Waals surface area contributed by atoms with Crippen molar-refractivity contribution >= 4 is 29.0 Å². The quantitative estimate of drug-likeness (QED) is 0.654. The first-order chi connectivity index (χ1) is 9.56. The number of amides is 1. The molecule has 5 nitrogen and oxygen atoms in total. The van der Waals surface area contributed by atoms with E-state index in [2.05, 4.69) is 10.3 Å². The van der Waals surface area contributed by atoms with Crippen LogP contribution in [0.25, 0.3) is 0 Å². The molecule has 0 fully saturated rings. The Labute approximate surface area is 122 Å². The summed E-state index contributed by atoms with van der Waals surface area (Å²) in [7, 11) is 0. The number of nitrogens with zero attached hydrogens (tertiary/aromatic N) is 1. The summed E-state index contributed by atoms with van der Waals surface area (Å²) in [6.07, 6.45) is 1.98. The lowest BCUT2D eigenvalue weighted by molar-refractivity contribution is -0.115. The summed E-state index contributed by atoms with van der Waals surface area (Å²) in [5, 5.41) is 3.45. The summed E-state index contributed by atoms with van der Waals surface area (Å²) in [6.45, 7) is 3.75. The van der Waals surface area contributed by atoms with Crippen LogP contribution in [-0.4, -0.2) is 16.6 Å². The van der Waals surface area contributed by atoms with Gasteiger partial charge in [-0.3, -0.25) is 4.79 Å². The fourth-order valence-electron chi connectivity index (χ4n) is 1.63. The van der Waals surface area contributed by atoms with Gasteiger partial charge in [0.2, 0.25) is 5.91 Å². The third-order valence-electron chi connectivity index (χ3n) is 2.80.